The first-order chi connectivity index (χ1) is 12.1. The third kappa shape index (κ3) is 2.76. The molecule has 1 aromatic carbocycles. The van der Waals surface area contributed by atoms with Crippen LogP contribution in [0.2, 0.25) is 0 Å². The Morgan fingerprint density at radius 1 is 1.16 bits per heavy atom. The fraction of sp³-hybridized carbons (Fsp3) is 0.611. The molecule has 1 N–H and O–H groups in total. The van der Waals surface area contributed by atoms with E-state index in [0.717, 1.165) is 24.3 Å². The zero-order valence-electron chi connectivity index (χ0n) is 14.4. The number of carbonyl (C=O) groups is 1. The van der Waals surface area contributed by atoms with Crippen molar-refractivity contribution in [1.29, 1.82) is 0 Å². The molecule has 3 aliphatic heterocycles. The highest BCUT2D eigenvalue weighted by Gasteiger charge is 2.57. The fourth-order valence-corrected chi connectivity index (χ4v) is 3.48. The number of hydrogen-bond donors (Lipinski definition) is 1. The molecule has 25 heavy (non-hydrogen) atoms. The molecule has 3 heterocycles. The van der Waals surface area contributed by atoms with E-state index in [0.29, 0.717) is 19.9 Å². The van der Waals surface area contributed by atoms with Gasteiger partial charge in [-0.3, -0.25) is 14.6 Å². The lowest BCUT2D eigenvalue weighted by Gasteiger charge is -2.41. The summed E-state index contributed by atoms with van der Waals surface area (Å²) < 4.78 is 17.3. The molecule has 0 aliphatic carbocycles. The number of aliphatic hydroxyl groups is 1. The number of para-hydroxylation sites is 1. The van der Waals surface area contributed by atoms with E-state index in [2.05, 4.69) is 4.90 Å². The van der Waals surface area contributed by atoms with Crippen molar-refractivity contribution < 1.29 is 24.1 Å². The highest BCUT2D eigenvalue weighted by molar-refractivity contribution is 6.06. The normalized spacial score (nSPS) is 33.0. The molecule has 0 radical (unpaired) electrons. The summed E-state index contributed by atoms with van der Waals surface area (Å²) in [5, 5.41) is 9.54. The smallest absolute Gasteiger partial charge is 0.293 e. The lowest BCUT2D eigenvalue weighted by atomic mass is 9.92. The number of ether oxygens (including phenoxy) is 3. The molecular formula is C18H24N2O5. The molecule has 7 nitrogen and oxygen atoms in total. The molecule has 1 aromatic rings. The molecule has 0 unspecified atom stereocenters. The van der Waals surface area contributed by atoms with E-state index in [1.165, 1.54) is 0 Å². The molecule has 2 fully saturated rings. The first kappa shape index (κ1) is 16.9. The van der Waals surface area contributed by atoms with Crippen LogP contribution in [0.3, 0.4) is 0 Å². The van der Waals surface area contributed by atoms with Crippen LogP contribution in [-0.4, -0.2) is 68.7 Å². The number of fused-ring (bicyclic) bond motifs is 2. The van der Waals surface area contributed by atoms with Gasteiger partial charge in [0.2, 0.25) is 0 Å². The number of morpholine rings is 1. The summed E-state index contributed by atoms with van der Waals surface area (Å²) >= 11 is 0. The van der Waals surface area contributed by atoms with Crippen LogP contribution in [0.4, 0.5) is 5.69 Å². The third-order valence-electron chi connectivity index (χ3n) is 5.15. The Labute approximate surface area is 147 Å². The highest BCUT2D eigenvalue weighted by atomic mass is 16.7. The van der Waals surface area contributed by atoms with Gasteiger partial charge in [0, 0.05) is 24.1 Å². The number of benzene rings is 1. The largest absolute Gasteiger partial charge is 0.396 e. The van der Waals surface area contributed by atoms with E-state index < -0.39 is 11.2 Å². The Morgan fingerprint density at radius 3 is 2.52 bits per heavy atom. The Bertz CT molecular complexity index is 651. The van der Waals surface area contributed by atoms with Gasteiger partial charge < -0.3 is 19.3 Å². The van der Waals surface area contributed by atoms with Crippen LogP contribution in [0.1, 0.15) is 12.5 Å². The Morgan fingerprint density at radius 2 is 1.84 bits per heavy atom. The van der Waals surface area contributed by atoms with Crippen LogP contribution in [-0.2, 0) is 24.8 Å². The van der Waals surface area contributed by atoms with E-state index in [9.17, 15) is 9.90 Å². The number of aliphatic hydroxyl groups excluding tert-OH is 1. The minimum atomic E-state index is -1.39. The molecule has 0 aromatic heterocycles. The predicted molar refractivity (Wildman–Crippen MR) is 90.0 cm³/mol. The van der Waals surface area contributed by atoms with Crippen molar-refractivity contribution >= 4 is 11.6 Å². The molecule has 2 saturated heterocycles. The summed E-state index contributed by atoms with van der Waals surface area (Å²) in [5.74, 6) is -1.59. The molecular weight excluding hydrogens is 324 g/mol. The van der Waals surface area contributed by atoms with Crippen molar-refractivity contribution in [1.82, 2.24) is 4.90 Å². The second kappa shape index (κ2) is 6.34. The fourth-order valence-electron chi connectivity index (χ4n) is 3.48. The monoisotopic (exact) mass is 348 g/mol. The van der Waals surface area contributed by atoms with Crippen LogP contribution in [0, 0.1) is 5.41 Å². The minimum Gasteiger partial charge on any atom is -0.396 e. The van der Waals surface area contributed by atoms with Crippen molar-refractivity contribution in [3.63, 3.8) is 0 Å². The Hall–Kier alpha value is -1.51. The zero-order chi connectivity index (χ0) is 17.5. The van der Waals surface area contributed by atoms with Gasteiger partial charge in [-0.15, -0.1) is 0 Å². The van der Waals surface area contributed by atoms with Crippen molar-refractivity contribution in [2.75, 3.05) is 57.7 Å². The lowest BCUT2D eigenvalue weighted by molar-refractivity contribution is -0.293. The summed E-state index contributed by atoms with van der Waals surface area (Å²) in [6, 6.07) is 7.61. The van der Waals surface area contributed by atoms with Gasteiger partial charge in [0.1, 0.15) is 0 Å². The van der Waals surface area contributed by atoms with Crippen molar-refractivity contribution in [3.05, 3.63) is 29.8 Å². The van der Waals surface area contributed by atoms with Gasteiger partial charge in [0.05, 0.1) is 45.4 Å². The van der Waals surface area contributed by atoms with Gasteiger partial charge in [0.25, 0.3) is 11.7 Å². The van der Waals surface area contributed by atoms with E-state index in [1.54, 1.807) is 4.90 Å². The number of nitrogens with zero attached hydrogens (tertiary/aromatic N) is 2. The predicted octanol–water partition coefficient (Wildman–Crippen LogP) is 0.521. The summed E-state index contributed by atoms with van der Waals surface area (Å²) in [6.45, 7) is 5.82. The SMILES string of the molecule is CC1(CO)COC2(OC1)C(=O)N(CN1CCOCC1)c1ccccc12. The van der Waals surface area contributed by atoms with Crippen LogP contribution < -0.4 is 4.90 Å². The minimum absolute atomic E-state index is 0.0452. The maximum Gasteiger partial charge on any atom is 0.293 e. The van der Waals surface area contributed by atoms with Crippen LogP contribution >= 0.6 is 0 Å². The number of rotatable bonds is 3. The molecule has 3 aliphatic rings. The number of amides is 1. The third-order valence-corrected chi connectivity index (χ3v) is 5.15. The average Bonchev–Trinajstić information content (AvgIpc) is 2.88. The first-order valence-electron chi connectivity index (χ1n) is 8.68. The molecule has 7 heteroatoms. The number of hydrogen-bond acceptors (Lipinski definition) is 6. The molecule has 1 spiro atoms. The summed E-state index contributed by atoms with van der Waals surface area (Å²) in [5.41, 5.74) is 1.08. The second-order valence-corrected chi connectivity index (χ2v) is 7.28. The van der Waals surface area contributed by atoms with Gasteiger partial charge in [-0.05, 0) is 6.07 Å². The van der Waals surface area contributed by atoms with Crippen LogP contribution in [0.5, 0.6) is 0 Å². The van der Waals surface area contributed by atoms with Gasteiger partial charge >= 0.3 is 0 Å². The Kier molecular flexibility index (Phi) is 4.29. The maximum atomic E-state index is 13.3. The van der Waals surface area contributed by atoms with Gasteiger partial charge in [-0.1, -0.05) is 25.1 Å². The maximum absolute atomic E-state index is 13.3. The summed E-state index contributed by atoms with van der Waals surface area (Å²) in [6.07, 6.45) is 0. The topological polar surface area (TPSA) is 71.5 Å². The van der Waals surface area contributed by atoms with Crippen molar-refractivity contribution in [2.24, 2.45) is 5.41 Å². The van der Waals surface area contributed by atoms with Crippen LogP contribution in [0.25, 0.3) is 0 Å². The second-order valence-electron chi connectivity index (χ2n) is 7.28. The average molecular weight is 348 g/mol. The van der Waals surface area contributed by atoms with E-state index in [-0.39, 0.29) is 25.7 Å². The molecule has 136 valence electrons. The number of carbonyl (C=O) groups excluding carboxylic acids is 1. The lowest BCUT2D eigenvalue weighted by Crippen LogP contribution is -2.55. The van der Waals surface area contributed by atoms with Gasteiger partial charge in [-0.25, -0.2) is 0 Å². The molecule has 0 bridgehead atoms. The van der Waals surface area contributed by atoms with Crippen molar-refractivity contribution in [2.45, 2.75) is 12.7 Å². The Balaban J connectivity index is 1.62. The zero-order valence-corrected chi connectivity index (χ0v) is 14.4. The highest BCUT2D eigenvalue weighted by Crippen LogP contribution is 2.47. The molecule has 0 saturated carbocycles. The van der Waals surface area contributed by atoms with E-state index >= 15 is 0 Å². The van der Waals surface area contributed by atoms with E-state index in [1.807, 2.05) is 31.2 Å². The number of anilines is 1. The molecule has 1 amide bonds. The van der Waals surface area contributed by atoms with Gasteiger partial charge in [-0.2, -0.15) is 0 Å². The molecule has 4 rings (SSSR count). The van der Waals surface area contributed by atoms with E-state index in [4.69, 9.17) is 14.2 Å². The first-order valence-corrected chi connectivity index (χ1v) is 8.68. The summed E-state index contributed by atoms with van der Waals surface area (Å²) in [4.78, 5) is 17.2. The van der Waals surface area contributed by atoms with Gasteiger partial charge in [0.15, 0.2) is 0 Å². The summed E-state index contributed by atoms with van der Waals surface area (Å²) in [7, 11) is 0. The van der Waals surface area contributed by atoms with Crippen LogP contribution in [0.15, 0.2) is 24.3 Å². The molecule has 0 atom stereocenters. The quantitative estimate of drug-likeness (QED) is 0.859. The standard InChI is InChI=1S/C18H24N2O5/c1-17(10-21)11-24-18(25-12-17)14-4-2-3-5-15(14)20(16(18)22)13-19-6-8-23-9-7-19/h2-5,21H,6-13H2,1H3. The van der Waals surface area contributed by atoms with Crippen molar-refractivity contribution in [3.8, 4) is 0 Å².